The molecule has 0 aliphatic carbocycles. The number of carbonyl (C=O) groups is 4. The molecule has 1 heterocycles. The molecule has 1 saturated heterocycles. The van der Waals surface area contributed by atoms with E-state index in [0.29, 0.717) is 19.3 Å². The summed E-state index contributed by atoms with van der Waals surface area (Å²) in [4.78, 5) is 51.5. The summed E-state index contributed by atoms with van der Waals surface area (Å²) < 4.78 is 31.2. The summed E-state index contributed by atoms with van der Waals surface area (Å²) >= 11 is 0. The number of rotatable bonds is 16. The minimum atomic E-state index is -1.38. The van der Waals surface area contributed by atoms with Crippen LogP contribution < -0.4 is 5.32 Å². The molecule has 3 aromatic rings. The van der Waals surface area contributed by atoms with Crippen LogP contribution in [0.4, 0.5) is 0 Å². The molecule has 1 amide bonds. The van der Waals surface area contributed by atoms with Gasteiger partial charge in [0.05, 0.1) is 6.61 Å². The highest BCUT2D eigenvalue weighted by Crippen LogP contribution is 2.41. The fraction of sp³-hybridized carbons (Fsp3) is 0.436. The van der Waals surface area contributed by atoms with Gasteiger partial charge >= 0.3 is 17.9 Å². The first-order valence-corrected chi connectivity index (χ1v) is 17.0. The summed E-state index contributed by atoms with van der Waals surface area (Å²) in [5, 5.41) is 2.73. The van der Waals surface area contributed by atoms with E-state index >= 15 is 0 Å². The van der Waals surface area contributed by atoms with Gasteiger partial charge in [0, 0.05) is 26.2 Å². The molecule has 3 aromatic carbocycles. The van der Waals surface area contributed by atoms with Gasteiger partial charge in [0.2, 0.25) is 12.2 Å². The largest absolute Gasteiger partial charge is 0.456 e. The van der Waals surface area contributed by atoms with Gasteiger partial charge in [-0.1, -0.05) is 112 Å². The summed E-state index contributed by atoms with van der Waals surface area (Å²) in [6.07, 6.45) is -3.14. The molecule has 0 aromatic heterocycles. The van der Waals surface area contributed by atoms with Crippen LogP contribution in [-0.2, 0) is 48.5 Å². The van der Waals surface area contributed by atoms with Crippen molar-refractivity contribution in [3.8, 4) is 0 Å². The smallest absolute Gasteiger partial charge is 0.308 e. The predicted molar refractivity (Wildman–Crippen MR) is 182 cm³/mol. The molecule has 5 atom stereocenters. The Kier molecular flexibility index (Phi) is 13.9. The Bertz CT molecular complexity index is 1400. The lowest BCUT2D eigenvalue weighted by molar-refractivity contribution is -0.276. The van der Waals surface area contributed by atoms with E-state index in [1.807, 2.05) is 112 Å². The second-order valence-electron chi connectivity index (χ2n) is 12.0. The maximum atomic E-state index is 13.1. The van der Waals surface area contributed by atoms with E-state index in [1.165, 1.54) is 6.92 Å². The third-order valence-electron chi connectivity index (χ3n) is 8.17. The van der Waals surface area contributed by atoms with E-state index in [4.69, 9.17) is 23.7 Å². The van der Waals surface area contributed by atoms with Crippen LogP contribution in [0.1, 0.15) is 82.9 Å². The number of esters is 3. The summed E-state index contributed by atoms with van der Waals surface area (Å²) in [6.45, 7) is 6.60. The molecule has 0 spiro atoms. The Balaban J connectivity index is 1.85. The van der Waals surface area contributed by atoms with Crippen molar-refractivity contribution < 1.29 is 42.9 Å². The first-order chi connectivity index (χ1) is 23.7. The summed E-state index contributed by atoms with van der Waals surface area (Å²) in [5.74, 6) is -2.14. The lowest BCUT2D eigenvalue weighted by Crippen LogP contribution is -2.67. The number of ether oxygens (including phenoxy) is 5. The standard InChI is InChI=1S/C39H47NO9/c1-5-17-32(42)47-36-31(46-38(49-34(44)19-7-3)35(40-27(4)41)37(36)48-33(43)18-6-2)26-45-39(28-20-11-8-12-21-28,29-22-13-9-14-23-29)30-24-15-10-16-25-30/h8-16,20-25,31,35-38H,5-7,17-19,26H2,1-4H3,(H,40,41)/t31-,35+,36-,37-,38?/m1/s1. The van der Waals surface area contributed by atoms with E-state index in [2.05, 4.69) is 5.32 Å². The van der Waals surface area contributed by atoms with Crippen molar-refractivity contribution in [3.63, 3.8) is 0 Å². The Hall–Kier alpha value is -4.54. The molecule has 0 radical (unpaired) electrons. The molecule has 262 valence electrons. The molecule has 10 nitrogen and oxygen atoms in total. The van der Waals surface area contributed by atoms with Crippen molar-refractivity contribution in [3.05, 3.63) is 108 Å². The molecule has 0 saturated carbocycles. The van der Waals surface area contributed by atoms with Crippen molar-refractivity contribution in [2.75, 3.05) is 6.61 Å². The van der Waals surface area contributed by atoms with Gasteiger partial charge < -0.3 is 29.0 Å². The van der Waals surface area contributed by atoms with Gasteiger partial charge in [0.15, 0.2) is 12.2 Å². The zero-order valence-corrected chi connectivity index (χ0v) is 28.7. The topological polar surface area (TPSA) is 126 Å². The number of hydrogen-bond donors (Lipinski definition) is 1. The molecule has 49 heavy (non-hydrogen) atoms. The van der Waals surface area contributed by atoms with Crippen molar-refractivity contribution in [2.45, 2.75) is 102 Å². The molecule has 0 bridgehead atoms. The maximum absolute atomic E-state index is 13.1. The van der Waals surface area contributed by atoms with Crippen LogP contribution in [0.3, 0.4) is 0 Å². The van der Waals surface area contributed by atoms with E-state index < -0.39 is 60.1 Å². The van der Waals surface area contributed by atoms with Crippen LogP contribution in [0.5, 0.6) is 0 Å². The lowest BCUT2D eigenvalue weighted by Gasteiger charge is -2.46. The van der Waals surface area contributed by atoms with Crippen LogP contribution in [0.2, 0.25) is 0 Å². The van der Waals surface area contributed by atoms with Gasteiger partial charge in [0.25, 0.3) is 0 Å². The summed E-state index contributed by atoms with van der Waals surface area (Å²) in [5.41, 5.74) is 1.32. The molecule has 10 heteroatoms. The Labute approximate surface area is 288 Å². The predicted octanol–water partition coefficient (Wildman–Crippen LogP) is 5.99. The molecule has 1 aliphatic rings. The number of hydrogen-bond acceptors (Lipinski definition) is 9. The minimum Gasteiger partial charge on any atom is -0.456 e. The van der Waals surface area contributed by atoms with Crippen LogP contribution >= 0.6 is 0 Å². The quantitative estimate of drug-likeness (QED) is 0.111. The second kappa shape index (κ2) is 18.3. The van der Waals surface area contributed by atoms with E-state index in [-0.39, 0.29) is 25.9 Å². The second-order valence-corrected chi connectivity index (χ2v) is 12.0. The lowest BCUT2D eigenvalue weighted by atomic mass is 9.80. The first-order valence-electron chi connectivity index (χ1n) is 17.0. The zero-order valence-electron chi connectivity index (χ0n) is 28.7. The zero-order chi connectivity index (χ0) is 35.2. The number of nitrogens with one attached hydrogen (secondary N) is 1. The van der Waals surface area contributed by atoms with Crippen molar-refractivity contribution >= 4 is 23.8 Å². The van der Waals surface area contributed by atoms with Crippen molar-refractivity contribution in [1.82, 2.24) is 5.32 Å². The molecule has 1 N–H and O–H groups in total. The van der Waals surface area contributed by atoms with Crippen molar-refractivity contribution in [1.29, 1.82) is 0 Å². The van der Waals surface area contributed by atoms with E-state index in [1.54, 1.807) is 0 Å². The normalized spacial score (nSPS) is 20.5. The average Bonchev–Trinajstić information content (AvgIpc) is 3.09. The molecule has 1 unspecified atom stereocenters. The summed E-state index contributed by atoms with van der Waals surface area (Å²) in [7, 11) is 0. The number of benzene rings is 3. The Morgan fingerprint density at radius 1 is 0.633 bits per heavy atom. The number of carbonyl (C=O) groups excluding carboxylic acids is 4. The average molecular weight is 674 g/mol. The van der Waals surface area contributed by atoms with Gasteiger partial charge in [-0.15, -0.1) is 0 Å². The fourth-order valence-corrected chi connectivity index (χ4v) is 6.01. The fourth-order valence-electron chi connectivity index (χ4n) is 6.01. The molecule has 4 rings (SSSR count). The van der Waals surface area contributed by atoms with Gasteiger partial charge in [-0.05, 0) is 36.0 Å². The van der Waals surface area contributed by atoms with E-state index in [9.17, 15) is 19.2 Å². The highest BCUT2D eigenvalue weighted by Gasteiger charge is 2.53. The van der Waals surface area contributed by atoms with Gasteiger partial charge in [-0.3, -0.25) is 19.2 Å². The molecular weight excluding hydrogens is 626 g/mol. The highest BCUT2D eigenvalue weighted by molar-refractivity contribution is 5.74. The van der Waals surface area contributed by atoms with Crippen LogP contribution in [0.15, 0.2) is 91.0 Å². The summed E-state index contributed by atoms with van der Waals surface area (Å²) in [6, 6.07) is 28.0. The van der Waals surface area contributed by atoms with E-state index in [0.717, 1.165) is 16.7 Å². The monoisotopic (exact) mass is 673 g/mol. The van der Waals surface area contributed by atoms with Gasteiger partial charge in [-0.25, -0.2) is 0 Å². The van der Waals surface area contributed by atoms with Gasteiger partial charge in [-0.2, -0.15) is 0 Å². The Morgan fingerprint density at radius 3 is 1.45 bits per heavy atom. The molecular formula is C39H47NO9. The van der Waals surface area contributed by atoms with Crippen LogP contribution in [-0.4, -0.2) is 61.1 Å². The number of amides is 1. The highest BCUT2D eigenvalue weighted by atomic mass is 16.7. The first kappa shape index (κ1) is 37.3. The third kappa shape index (κ3) is 9.55. The molecule has 1 fully saturated rings. The maximum Gasteiger partial charge on any atom is 0.308 e. The Morgan fingerprint density at radius 2 is 1.04 bits per heavy atom. The van der Waals surface area contributed by atoms with Crippen LogP contribution in [0.25, 0.3) is 0 Å². The van der Waals surface area contributed by atoms with Gasteiger partial charge in [0.1, 0.15) is 17.7 Å². The molecule has 1 aliphatic heterocycles. The minimum absolute atomic E-state index is 0.0837. The SMILES string of the molecule is CCCC(=O)OC1O[C@H](COC(c2ccccc2)(c2ccccc2)c2ccccc2)[C@@H](OC(=O)CCC)[C@H](OC(=O)CCC)[C@@H]1NC(C)=O. The van der Waals surface area contributed by atoms with Crippen LogP contribution in [0, 0.1) is 0 Å². The van der Waals surface area contributed by atoms with Crippen molar-refractivity contribution in [2.24, 2.45) is 0 Å². The third-order valence-corrected chi connectivity index (χ3v) is 8.17.